The fraction of sp³-hybridized carbons (Fsp3) is 0.500. The Kier molecular flexibility index (Phi) is 6.13. The van der Waals surface area contributed by atoms with Gasteiger partial charge in [-0.1, -0.05) is 33.6 Å². The Bertz CT molecular complexity index is 958. The topological polar surface area (TPSA) is 107 Å². The number of alkyl halides is 1. The van der Waals surface area contributed by atoms with Gasteiger partial charge in [0.15, 0.2) is 0 Å². The number of carboxylic acid groups (broad SMARTS) is 1. The molecular formula is C22H24BrClN2O6. The first kappa shape index (κ1) is 23.2. The number of carboxylic acids is 1. The second-order valence-corrected chi connectivity index (χ2v) is 10.1. The van der Waals surface area contributed by atoms with E-state index < -0.39 is 53.4 Å². The van der Waals surface area contributed by atoms with Gasteiger partial charge >= 0.3 is 5.97 Å². The monoisotopic (exact) mass is 526 g/mol. The van der Waals surface area contributed by atoms with Gasteiger partial charge in [0, 0.05) is 22.1 Å². The fourth-order valence-electron chi connectivity index (χ4n) is 5.41. The van der Waals surface area contributed by atoms with Gasteiger partial charge in [0.2, 0.25) is 5.91 Å². The summed E-state index contributed by atoms with van der Waals surface area (Å²) in [5, 5.41) is 20.2. The van der Waals surface area contributed by atoms with Crippen molar-refractivity contribution in [2.24, 2.45) is 11.8 Å². The van der Waals surface area contributed by atoms with Gasteiger partial charge in [0.25, 0.3) is 5.91 Å². The standard InChI is InChI=1S/C22H24BrClN2O6/c1-3-8-25(13-6-4-12(24)5-7-13)20(29)18-22-9-14(23)17(32-22)15(21(30)31)16(22)19(28)26(18)11(2)10-27/h3-7,11,14-18,27H,1,8-10H2,2H3,(H,30,31)/t11-,14?,15+,16-,17+,18+,22-/m1/s1. The maximum absolute atomic E-state index is 14.0. The average molecular weight is 528 g/mol. The zero-order valence-electron chi connectivity index (χ0n) is 17.4. The molecule has 3 heterocycles. The molecule has 2 N–H and O–H groups in total. The molecule has 10 heteroatoms. The van der Waals surface area contributed by atoms with E-state index in [1.54, 1.807) is 37.3 Å². The number of amides is 2. The van der Waals surface area contributed by atoms with E-state index in [0.717, 1.165) is 0 Å². The van der Waals surface area contributed by atoms with Crippen molar-refractivity contribution in [2.75, 3.05) is 18.1 Å². The quantitative estimate of drug-likeness (QED) is 0.415. The molecule has 1 aromatic carbocycles. The molecule has 1 spiro atoms. The van der Waals surface area contributed by atoms with Gasteiger partial charge in [0.05, 0.1) is 30.6 Å². The van der Waals surface area contributed by atoms with Crippen LogP contribution in [0.2, 0.25) is 5.02 Å². The van der Waals surface area contributed by atoms with Crippen LogP contribution in [0.1, 0.15) is 13.3 Å². The number of hydrogen-bond donors (Lipinski definition) is 2. The average Bonchev–Trinajstić information content (AvgIpc) is 3.35. The molecular weight excluding hydrogens is 504 g/mol. The summed E-state index contributed by atoms with van der Waals surface area (Å²) >= 11 is 9.51. The maximum atomic E-state index is 14.0. The summed E-state index contributed by atoms with van der Waals surface area (Å²) < 4.78 is 6.22. The van der Waals surface area contributed by atoms with Crippen LogP contribution in [-0.2, 0) is 19.1 Å². The van der Waals surface area contributed by atoms with E-state index in [4.69, 9.17) is 16.3 Å². The summed E-state index contributed by atoms with van der Waals surface area (Å²) in [6.07, 6.45) is 1.16. The summed E-state index contributed by atoms with van der Waals surface area (Å²) in [5.41, 5.74) is -0.744. The molecule has 2 bridgehead atoms. The van der Waals surface area contributed by atoms with Crippen molar-refractivity contribution in [3.05, 3.63) is 41.9 Å². The summed E-state index contributed by atoms with van der Waals surface area (Å²) in [6.45, 7) is 5.16. The third kappa shape index (κ3) is 3.29. The van der Waals surface area contributed by atoms with E-state index in [-0.39, 0.29) is 18.0 Å². The first-order valence-corrected chi connectivity index (χ1v) is 11.6. The molecule has 3 saturated heterocycles. The smallest absolute Gasteiger partial charge is 0.310 e. The highest BCUT2D eigenvalue weighted by atomic mass is 79.9. The lowest BCUT2D eigenvalue weighted by molar-refractivity contribution is -0.150. The molecule has 1 unspecified atom stereocenters. The molecule has 0 aliphatic carbocycles. The van der Waals surface area contributed by atoms with E-state index in [2.05, 4.69) is 22.5 Å². The zero-order valence-corrected chi connectivity index (χ0v) is 19.7. The second kappa shape index (κ2) is 8.44. The van der Waals surface area contributed by atoms with Gasteiger partial charge in [-0.2, -0.15) is 0 Å². The molecule has 2 amide bonds. The lowest BCUT2D eigenvalue weighted by Gasteiger charge is -2.38. The third-order valence-corrected chi connectivity index (χ3v) is 7.80. The Hall–Kier alpha value is -1.94. The Morgan fingerprint density at radius 3 is 2.66 bits per heavy atom. The minimum absolute atomic E-state index is 0.163. The van der Waals surface area contributed by atoms with Crippen molar-refractivity contribution in [3.8, 4) is 0 Å². The van der Waals surface area contributed by atoms with Crippen molar-refractivity contribution >= 4 is 51.0 Å². The Labute approximate surface area is 198 Å². The highest BCUT2D eigenvalue weighted by molar-refractivity contribution is 9.09. The lowest BCUT2D eigenvalue weighted by atomic mass is 9.70. The van der Waals surface area contributed by atoms with Crippen molar-refractivity contribution in [3.63, 3.8) is 0 Å². The molecule has 0 radical (unpaired) electrons. The SMILES string of the molecule is C=CCN(C(=O)[C@@H]1N([C@H](C)CO)C(=O)[C@H]2[C@H](C(=O)O)[C@H]3O[C@@]12CC3Br)c1ccc(Cl)cc1. The van der Waals surface area contributed by atoms with Gasteiger partial charge in [-0.15, -0.1) is 6.58 Å². The second-order valence-electron chi connectivity index (χ2n) is 8.49. The van der Waals surface area contributed by atoms with Gasteiger partial charge in [-0.3, -0.25) is 14.4 Å². The van der Waals surface area contributed by atoms with Crippen LogP contribution in [0.5, 0.6) is 0 Å². The van der Waals surface area contributed by atoms with E-state index in [1.165, 1.54) is 9.80 Å². The minimum atomic E-state index is -1.30. The lowest BCUT2D eigenvalue weighted by Crippen LogP contribution is -2.58. The van der Waals surface area contributed by atoms with Crippen LogP contribution in [0.3, 0.4) is 0 Å². The Morgan fingerprint density at radius 2 is 2.09 bits per heavy atom. The predicted octanol–water partition coefficient (Wildman–Crippen LogP) is 2.07. The number of aliphatic hydroxyl groups is 1. The summed E-state index contributed by atoms with van der Waals surface area (Å²) in [5.74, 6) is -4.11. The number of anilines is 1. The van der Waals surface area contributed by atoms with Crippen LogP contribution in [0, 0.1) is 11.8 Å². The first-order chi connectivity index (χ1) is 15.2. The van der Waals surface area contributed by atoms with E-state index in [9.17, 15) is 24.6 Å². The number of benzene rings is 1. The number of aliphatic carboxylic acids is 1. The maximum Gasteiger partial charge on any atom is 0.310 e. The van der Waals surface area contributed by atoms with Gasteiger partial charge in [-0.25, -0.2) is 0 Å². The molecule has 3 fully saturated rings. The normalized spacial score (nSPS) is 33.8. The molecule has 0 saturated carbocycles. The van der Waals surface area contributed by atoms with Crippen molar-refractivity contribution in [2.45, 2.75) is 42.0 Å². The number of nitrogens with zero attached hydrogens (tertiary/aromatic N) is 2. The molecule has 4 rings (SSSR count). The molecule has 32 heavy (non-hydrogen) atoms. The summed E-state index contributed by atoms with van der Waals surface area (Å²) in [4.78, 5) is 42.1. The van der Waals surface area contributed by atoms with Crippen LogP contribution in [0.4, 0.5) is 5.69 Å². The Morgan fingerprint density at radius 1 is 1.44 bits per heavy atom. The van der Waals surface area contributed by atoms with Crippen molar-refractivity contribution in [1.82, 2.24) is 4.90 Å². The minimum Gasteiger partial charge on any atom is -0.481 e. The van der Waals surface area contributed by atoms with Crippen LogP contribution in [-0.4, -0.2) is 74.7 Å². The van der Waals surface area contributed by atoms with E-state index in [1.807, 2.05) is 0 Å². The number of rotatable bonds is 7. The number of carbonyl (C=O) groups is 3. The van der Waals surface area contributed by atoms with Gasteiger partial charge in [0.1, 0.15) is 11.6 Å². The van der Waals surface area contributed by atoms with Crippen LogP contribution in [0.25, 0.3) is 0 Å². The van der Waals surface area contributed by atoms with Crippen LogP contribution in [0.15, 0.2) is 36.9 Å². The highest BCUT2D eigenvalue weighted by Crippen LogP contribution is 2.60. The third-order valence-electron chi connectivity index (χ3n) is 6.70. The van der Waals surface area contributed by atoms with Gasteiger partial charge < -0.3 is 24.7 Å². The molecule has 3 aliphatic rings. The van der Waals surface area contributed by atoms with E-state index in [0.29, 0.717) is 17.1 Å². The molecule has 8 nitrogen and oxygen atoms in total. The van der Waals surface area contributed by atoms with Crippen LogP contribution >= 0.6 is 27.5 Å². The molecule has 172 valence electrons. The summed E-state index contributed by atoms with van der Waals surface area (Å²) in [6, 6.07) is 4.90. The number of aliphatic hydroxyl groups excluding tert-OH is 1. The number of carbonyl (C=O) groups excluding carboxylic acids is 2. The molecule has 7 atom stereocenters. The van der Waals surface area contributed by atoms with Crippen molar-refractivity contribution < 1.29 is 29.3 Å². The van der Waals surface area contributed by atoms with Gasteiger partial charge in [-0.05, 0) is 37.6 Å². The molecule has 3 aliphatic heterocycles. The highest BCUT2D eigenvalue weighted by Gasteiger charge is 2.77. The largest absolute Gasteiger partial charge is 0.481 e. The zero-order chi connectivity index (χ0) is 23.4. The molecule has 1 aromatic rings. The number of hydrogen-bond acceptors (Lipinski definition) is 5. The van der Waals surface area contributed by atoms with Crippen LogP contribution < -0.4 is 4.90 Å². The van der Waals surface area contributed by atoms with E-state index >= 15 is 0 Å². The number of likely N-dealkylation sites (tertiary alicyclic amines) is 1. The number of ether oxygens (including phenoxy) is 1. The fourth-order valence-corrected chi connectivity index (χ4v) is 6.48. The number of fused-ring (bicyclic) bond motifs is 1. The molecule has 0 aromatic heterocycles. The van der Waals surface area contributed by atoms with Crippen molar-refractivity contribution in [1.29, 1.82) is 0 Å². The summed E-state index contributed by atoms with van der Waals surface area (Å²) in [7, 11) is 0. The first-order valence-electron chi connectivity index (χ1n) is 10.3. The predicted molar refractivity (Wildman–Crippen MR) is 121 cm³/mol. The Balaban J connectivity index is 1.83. The number of halogens is 2.